The predicted octanol–water partition coefficient (Wildman–Crippen LogP) is 5.91. The van der Waals surface area contributed by atoms with Gasteiger partial charge in [-0.2, -0.15) is 8.62 Å². The van der Waals surface area contributed by atoms with Gasteiger partial charge in [-0.1, -0.05) is 28.1 Å². The van der Waals surface area contributed by atoms with E-state index in [1.54, 1.807) is 18.2 Å². The highest BCUT2D eigenvalue weighted by Gasteiger charge is 2.44. The number of amides is 2. The third-order valence-corrected chi connectivity index (χ3v) is 17.7. The minimum atomic E-state index is -5.82. The maximum absolute atomic E-state index is 13.1. The summed E-state index contributed by atoms with van der Waals surface area (Å²) in [6.07, 6.45) is 5.64. The summed E-state index contributed by atoms with van der Waals surface area (Å²) in [5.74, 6) is 5.12. The molecule has 6 aromatic rings. The number of aryl methyl sites for hydroxylation is 2. The molecule has 4 aromatic heterocycles. The largest absolute Gasteiger partial charge is 0.491 e. The number of rotatable bonds is 33. The van der Waals surface area contributed by atoms with E-state index in [0.717, 1.165) is 48.9 Å². The second kappa shape index (κ2) is 32.2. The summed E-state index contributed by atoms with van der Waals surface area (Å²) in [6, 6.07) is 16.1. The highest BCUT2D eigenvalue weighted by molar-refractivity contribution is 7.66. The Morgan fingerprint density at radius 3 is 2.56 bits per heavy atom. The lowest BCUT2D eigenvalue weighted by Crippen LogP contribution is -2.30. The zero-order valence-corrected chi connectivity index (χ0v) is 51.4. The highest BCUT2D eigenvalue weighted by atomic mass is 31.3. The first kappa shape index (κ1) is 68.8. The number of pyridine rings is 1. The number of azide groups is 2. The Hall–Kier alpha value is -8.14. The van der Waals surface area contributed by atoms with Gasteiger partial charge in [0, 0.05) is 95.3 Å². The number of fused-ring (bicyclic) bond motifs is 3. The molecule has 6 atom stereocenters. The molecule has 2 aliphatic rings. The molecule has 2 aliphatic heterocycles. The maximum Gasteiger partial charge on any atom is 0.490 e. The van der Waals surface area contributed by atoms with Crippen molar-refractivity contribution in [2.75, 3.05) is 76.6 Å². The van der Waals surface area contributed by atoms with Crippen LogP contribution >= 0.6 is 23.5 Å². The number of carbonyl (C=O) groups is 3. The number of hydrogen-bond acceptors (Lipinski definition) is 22. The van der Waals surface area contributed by atoms with Crippen molar-refractivity contribution in [3.63, 3.8) is 0 Å². The average molecular weight is 1320 g/mol. The number of ether oxygens (including phenoxy) is 5. The van der Waals surface area contributed by atoms with Crippen LogP contribution in [0, 0.1) is 11.8 Å². The van der Waals surface area contributed by atoms with Gasteiger partial charge in [-0.15, -0.1) is 0 Å². The van der Waals surface area contributed by atoms with Gasteiger partial charge in [0.15, 0.2) is 18.6 Å². The molecule has 34 nitrogen and oxygen atoms in total. The number of anilines is 2. The van der Waals surface area contributed by atoms with Gasteiger partial charge in [0.1, 0.15) is 73.7 Å². The van der Waals surface area contributed by atoms with Gasteiger partial charge >= 0.3 is 29.1 Å². The number of ketones is 1. The van der Waals surface area contributed by atoms with Crippen molar-refractivity contribution in [1.29, 1.82) is 0 Å². The average Bonchev–Trinajstić information content (AvgIpc) is 1.74. The van der Waals surface area contributed by atoms with Gasteiger partial charge < -0.3 is 73.5 Å². The number of phosphoric acid groups is 3. The standard InChI is InChI=1S/C54H63N14O20P3/c1-2-66-20-14-35(15-21-66)42-26-39-24-36-10-6-18-67(43(36)27-44(39)86-54(42)72)19-7-12-40(69)11-5-17-59-53(71)37-8-3-13-41(25-37)82-32-48(63-65-57)81-23-22-80-31-47(70)58-16-4-9-38-29-68(52-50(38)51(55)60-33-61-52)49-28-45(83-34-62-64-56)46(85-49)30-84-90(76,77)88-91(78,79)87-89(73,74)75/h3,8,13-15,20-21,24-27,29,33,45-46,48-49H,2,5-7,10-12,16-19,22-23,28,30-32,34H2,1H3,(H7-,55,58,59,60,61,70,71,73,74,75,76,77,78,79)/p+1/t45-,46-,48?,49-/m1/s1. The van der Waals surface area contributed by atoms with Crippen LogP contribution in [0.25, 0.3) is 54.0 Å². The van der Waals surface area contributed by atoms with Gasteiger partial charge in [-0.25, -0.2) is 33.0 Å². The van der Waals surface area contributed by atoms with Crippen molar-refractivity contribution in [2.24, 2.45) is 10.2 Å². The number of nitrogens with two attached hydrogens (primary N) is 1. The summed E-state index contributed by atoms with van der Waals surface area (Å²) in [4.78, 5) is 105. The predicted molar refractivity (Wildman–Crippen MR) is 321 cm³/mol. The maximum atomic E-state index is 13.1. The molecule has 2 aromatic carbocycles. The molecule has 2 amide bonds. The van der Waals surface area contributed by atoms with Crippen molar-refractivity contribution >= 4 is 74.6 Å². The van der Waals surface area contributed by atoms with Crippen molar-refractivity contribution in [3.05, 3.63) is 128 Å². The fourth-order valence-corrected chi connectivity index (χ4v) is 12.8. The Morgan fingerprint density at radius 1 is 0.989 bits per heavy atom. The van der Waals surface area contributed by atoms with E-state index in [9.17, 15) is 42.7 Å². The number of aromatic nitrogens is 4. The van der Waals surface area contributed by atoms with Crippen LogP contribution in [0.1, 0.15) is 73.2 Å². The van der Waals surface area contributed by atoms with E-state index in [-0.39, 0.29) is 79.2 Å². The number of carbonyl (C=O) groups excluding carboxylic acids is 3. The molecule has 6 heterocycles. The van der Waals surface area contributed by atoms with Crippen LogP contribution < -0.4 is 36.2 Å². The SMILES string of the molecule is CC[n+]1ccc(-c2cc3cc4c(cc3oc2=O)N(CCCC(=O)CCCNC(=O)c2cccc(OCC(N=[N+]=[N-])OCCOCC(=O)NCC#Cc3cn([C@H]5C[C@@H](OCN=[N+]=[N-])[C@@H](COP(=O)(O)OP(=O)(O)OP(=O)(O)O)O5)c5ncnc(N)c35)c2)CCC4)cc1. The van der Waals surface area contributed by atoms with E-state index in [1.807, 2.05) is 48.1 Å². The van der Waals surface area contributed by atoms with E-state index >= 15 is 0 Å². The summed E-state index contributed by atoms with van der Waals surface area (Å²) in [6.45, 7) is 2.20. The van der Waals surface area contributed by atoms with Crippen LogP contribution in [-0.2, 0) is 68.3 Å². The van der Waals surface area contributed by atoms with E-state index in [4.69, 9.17) is 59.2 Å². The smallest absolute Gasteiger partial charge is 0.490 e. The fourth-order valence-electron chi connectivity index (χ4n) is 9.79. The van der Waals surface area contributed by atoms with Crippen LogP contribution in [-0.4, -0.2) is 136 Å². The molecule has 8 N–H and O–H groups in total. The molecule has 1 fully saturated rings. The zero-order valence-electron chi connectivity index (χ0n) is 48.7. The number of nitrogen functional groups attached to an aromatic ring is 1. The van der Waals surface area contributed by atoms with Crippen LogP contribution in [0.2, 0.25) is 0 Å². The first-order valence-electron chi connectivity index (χ1n) is 28.2. The second-order valence-corrected chi connectivity index (χ2v) is 24.6. The van der Waals surface area contributed by atoms with Gasteiger partial charge in [0.2, 0.25) is 5.91 Å². The van der Waals surface area contributed by atoms with Crippen LogP contribution in [0.3, 0.4) is 0 Å². The molecule has 37 heteroatoms. The lowest BCUT2D eigenvalue weighted by atomic mass is 9.98. The number of nitrogens with one attached hydrogen (secondary N) is 2. The molecule has 8 rings (SSSR count). The Kier molecular flexibility index (Phi) is 24.4. The molecule has 0 spiro atoms. The molecule has 0 aliphatic carbocycles. The van der Waals surface area contributed by atoms with Gasteiger partial charge in [-0.05, 0) is 79.6 Å². The third kappa shape index (κ3) is 20.2. The number of hydrogen-bond donors (Lipinski definition) is 7. The number of nitrogens with zero attached hydrogens (tertiary/aromatic N) is 11. The number of Topliss-reactive ketones (excluding diaryl/α,β-unsaturated/α-hetero) is 1. The van der Waals surface area contributed by atoms with E-state index in [1.165, 1.54) is 22.4 Å². The fraction of sp³-hybridized carbons (Fsp3) is 0.426. The Balaban J connectivity index is 0.722. The van der Waals surface area contributed by atoms with E-state index in [0.29, 0.717) is 48.9 Å². The van der Waals surface area contributed by atoms with Gasteiger partial charge in [0.25, 0.3) is 5.91 Å². The van der Waals surface area contributed by atoms with Crippen LogP contribution in [0.5, 0.6) is 5.75 Å². The monoisotopic (exact) mass is 1320 g/mol. The molecule has 3 unspecified atom stereocenters. The Bertz CT molecular complexity index is 3980. The van der Waals surface area contributed by atoms with Gasteiger partial charge in [-0.3, -0.25) is 18.9 Å². The first-order chi connectivity index (χ1) is 43.6. The Labute approximate surface area is 517 Å². The lowest BCUT2D eigenvalue weighted by molar-refractivity contribution is -0.693. The summed E-state index contributed by atoms with van der Waals surface area (Å²) in [5, 5.41) is 13.4. The minimum Gasteiger partial charge on any atom is -0.491 e. The second-order valence-electron chi connectivity index (χ2n) is 20.2. The molecule has 91 heavy (non-hydrogen) atoms. The minimum absolute atomic E-state index is 0.00996. The molecule has 0 saturated carbocycles. The molecular weight excluding hydrogens is 1260 g/mol. The first-order valence-corrected chi connectivity index (χ1v) is 32.7. The summed E-state index contributed by atoms with van der Waals surface area (Å²) < 4.78 is 85.2. The van der Waals surface area contributed by atoms with Crippen LogP contribution in [0.15, 0.2) is 99.0 Å². The van der Waals surface area contributed by atoms with E-state index < -0.39 is 79.6 Å². The number of benzene rings is 2. The summed E-state index contributed by atoms with van der Waals surface area (Å²) in [5.41, 5.74) is 28.5. The topological polar surface area (TPSA) is 473 Å². The van der Waals surface area contributed by atoms with Crippen molar-refractivity contribution in [1.82, 2.24) is 25.2 Å². The van der Waals surface area contributed by atoms with Crippen LogP contribution in [0.4, 0.5) is 11.5 Å². The molecule has 484 valence electrons. The van der Waals surface area contributed by atoms with Crippen molar-refractivity contribution in [2.45, 2.75) is 83.1 Å². The molecule has 1 saturated heterocycles. The van der Waals surface area contributed by atoms with E-state index in [2.05, 4.69) is 72.1 Å². The Morgan fingerprint density at radius 2 is 1.79 bits per heavy atom. The third-order valence-electron chi connectivity index (χ3n) is 13.9. The zero-order chi connectivity index (χ0) is 65.1. The number of phosphoric ester groups is 1. The summed E-state index contributed by atoms with van der Waals surface area (Å²) in [7, 11) is -17.0. The normalized spacial score (nSPS) is 17.1. The van der Waals surface area contributed by atoms with Crippen molar-refractivity contribution < 1.29 is 93.5 Å². The summed E-state index contributed by atoms with van der Waals surface area (Å²) >= 11 is 0. The highest BCUT2D eigenvalue weighted by Crippen LogP contribution is 2.66. The molecular formula is C54H64N14O20P3+. The van der Waals surface area contributed by atoms with Crippen molar-refractivity contribution in [3.8, 4) is 28.7 Å². The quantitative estimate of drug-likeness (QED) is 0.00368. The van der Waals surface area contributed by atoms with Gasteiger partial charge in [0.05, 0.1) is 49.0 Å². The lowest BCUT2D eigenvalue weighted by Gasteiger charge is -2.31. The molecule has 0 bridgehead atoms. The molecule has 0 radical (unpaired) electrons.